The third-order valence-electron chi connectivity index (χ3n) is 3.88. The fraction of sp³-hybridized carbons (Fsp3) is 0.375. The second-order valence-electron chi connectivity index (χ2n) is 5.74. The van der Waals surface area contributed by atoms with Gasteiger partial charge in [-0.15, -0.1) is 0 Å². The molecule has 1 aliphatic rings. The standard InChI is InChI=1S/C16H20N4O/c1-11(2)20-14(9-15(17)18-20)16(21)19-8-7-12-5-3-4-6-13(12)10-19/h3-6,9,11H,7-8,10H2,1-2H3,(H2,17,18). The van der Waals surface area contributed by atoms with Crippen LogP contribution in [0.25, 0.3) is 0 Å². The number of nitrogen functional groups attached to an aromatic ring is 1. The van der Waals surface area contributed by atoms with Crippen LogP contribution >= 0.6 is 0 Å². The number of nitrogens with two attached hydrogens (primary N) is 1. The molecule has 1 aliphatic heterocycles. The van der Waals surface area contributed by atoms with Crippen molar-refractivity contribution in [2.24, 2.45) is 0 Å². The Kier molecular flexibility index (Phi) is 3.41. The van der Waals surface area contributed by atoms with E-state index in [1.54, 1.807) is 10.7 Å². The molecule has 5 heteroatoms. The number of carbonyl (C=O) groups excluding carboxylic acids is 1. The van der Waals surface area contributed by atoms with Crippen molar-refractivity contribution in [2.45, 2.75) is 32.9 Å². The second-order valence-corrected chi connectivity index (χ2v) is 5.74. The van der Waals surface area contributed by atoms with Crippen molar-refractivity contribution < 1.29 is 4.79 Å². The van der Waals surface area contributed by atoms with E-state index in [-0.39, 0.29) is 11.9 Å². The van der Waals surface area contributed by atoms with E-state index in [0.29, 0.717) is 18.1 Å². The van der Waals surface area contributed by atoms with Gasteiger partial charge in [0.15, 0.2) is 0 Å². The number of carbonyl (C=O) groups is 1. The molecule has 3 rings (SSSR count). The first-order valence-corrected chi connectivity index (χ1v) is 7.27. The van der Waals surface area contributed by atoms with E-state index in [1.807, 2.05) is 30.9 Å². The van der Waals surface area contributed by atoms with Crippen LogP contribution in [0.4, 0.5) is 5.82 Å². The summed E-state index contributed by atoms with van der Waals surface area (Å²) in [5.41, 5.74) is 8.88. The van der Waals surface area contributed by atoms with Crippen LogP contribution in [-0.2, 0) is 13.0 Å². The predicted octanol–water partition coefficient (Wildman–Crippen LogP) is 2.24. The molecule has 1 aromatic carbocycles. The van der Waals surface area contributed by atoms with Crippen molar-refractivity contribution >= 4 is 11.7 Å². The van der Waals surface area contributed by atoms with Gasteiger partial charge in [-0.3, -0.25) is 9.48 Å². The monoisotopic (exact) mass is 284 g/mol. The van der Waals surface area contributed by atoms with Crippen LogP contribution in [0.5, 0.6) is 0 Å². The van der Waals surface area contributed by atoms with E-state index in [9.17, 15) is 4.79 Å². The van der Waals surface area contributed by atoms with E-state index in [4.69, 9.17) is 5.73 Å². The van der Waals surface area contributed by atoms with Gasteiger partial charge < -0.3 is 10.6 Å². The first-order valence-electron chi connectivity index (χ1n) is 7.27. The summed E-state index contributed by atoms with van der Waals surface area (Å²) < 4.78 is 1.71. The molecule has 5 nitrogen and oxygen atoms in total. The largest absolute Gasteiger partial charge is 0.382 e. The van der Waals surface area contributed by atoms with Crippen LogP contribution in [0.3, 0.4) is 0 Å². The molecule has 21 heavy (non-hydrogen) atoms. The maximum atomic E-state index is 12.8. The van der Waals surface area contributed by atoms with Crippen LogP contribution in [0.15, 0.2) is 30.3 Å². The summed E-state index contributed by atoms with van der Waals surface area (Å²) in [5.74, 6) is 0.395. The molecule has 0 bridgehead atoms. The molecule has 0 fully saturated rings. The second kappa shape index (κ2) is 5.24. The van der Waals surface area contributed by atoms with Gasteiger partial charge in [0.2, 0.25) is 0 Å². The lowest BCUT2D eigenvalue weighted by Crippen LogP contribution is -2.37. The van der Waals surface area contributed by atoms with Gasteiger partial charge in [-0.1, -0.05) is 24.3 Å². The molecule has 110 valence electrons. The molecule has 0 spiro atoms. The minimum Gasteiger partial charge on any atom is -0.382 e. The number of rotatable bonds is 2. The van der Waals surface area contributed by atoms with Gasteiger partial charge in [0, 0.05) is 25.2 Å². The normalized spacial score (nSPS) is 14.3. The van der Waals surface area contributed by atoms with Gasteiger partial charge >= 0.3 is 0 Å². The van der Waals surface area contributed by atoms with Crippen LogP contribution in [0.2, 0.25) is 0 Å². The van der Waals surface area contributed by atoms with Gasteiger partial charge in [0.1, 0.15) is 11.5 Å². The molecule has 0 unspecified atom stereocenters. The Hall–Kier alpha value is -2.30. The van der Waals surface area contributed by atoms with E-state index in [0.717, 1.165) is 13.0 Å². The highest BCUT2D eigenvalue weighted by Gasteiger charge is 2.25. The van der Waals surface area contributed by atoms with Gasteiger partial charge in [-0.2, -0.15) is 5.10 Å². The molecule has 2 heterocycles. The number of nitrogens with zero attached hydrogens (tertiary/aromatic N) is 3. The number of hydrogen-bond acceptors (Lipinski definition) is 3. The van der Waals surface area contributed by atoms with E-state index < -0.39 is 0 Å². The number of hydrogen-bond donors (Lipinski definition) is 1. The SMILES string of the molecule is CC(C)n1nc(N)cc1C(=O)N1CCc2ccccc2C1. The molecule has 2 aromatic rings. The molecule has 0 saturated heterocycles. The maximum absolute atomic E-state index is 12.8. The smallest absolute Gasteiger partial charge is 0.272 e. The zero-order valence-electron chi connectivity index (χ0n) is 12.4. The topological polar surface area (TPSA) is 64.2 Å². The highest BCUT2D eigenvalue weighted by Crippen LogP contribution is 2.22. The zero-order valence-corrected chi connectivity index (χ0v) is 12.4. The number of anilines is 1. The number of amides is 1. The average molecular weight is 284 g/mol. The summed E-state index contributed by atoms with van der Waals surface area (Å²) in [6, 6.07) is 10.1. The Morgan fingerprint density at radius 2 is 2.00 bits per heavy atom. The molecular weight excluding hydrogens is 264 g/mol. The lowest BCUT2D eigenvalue weighted by atomic mass is 10.00. The number of fused-ring (bicyclic) bond motifs is 1. The Morgan fingerprint density at radius 3 is 2.71 bits per heavy atom. The van der Waals surface area contributed by atoms with Crippen molar-refractivity contribution in [1.29, 1.82) is 0 Å². The molecule has 1 amide bonds. The molecule has 0 saturated carbocycles. The Balaban J connectivity index is 1.87. The van der Waals surface area contributed by atoms with Crippen LogP contribution in [-0.4, -0.2) is 27.1 Å². The summed E-state index contributed by atoms with van der Waals surface area (Å²) in [6.07, 6.45) is 0.896. The molecule has 0 radical (unpaired) electrons. The summed E-state index contributed by atoms with van der Waals surface area (Å²) in [4.78, 5) is 14.6. The van der Waals surface area contributed by atoms with Crippen molar-refractivity contribution in [3.63, 3.8) is 0 Å². The number of benzene rings is 1. The minimum atomic E-state index is 0.00223. The first-order chi connectivity index (χ1) is 10.1. The zero-order chi connectivity index (χ0) is 15.0. The van der Waals surface area contributed by atoms with Crippen molar-refractivity contribution in [2.75, 3.05) is 12.3 Å². The Morgan fingerprint density at radius 1 is 1.29 bits per heavy atom. The molecule has 1 aromatic heterocycles. The maximum Gasteiger partial charge on any atom is 0.272 e. The van der Waals surface area contributed by atoms with Crippen LogP contribution in [0.1, 0.15) is 41.5 Å². The summed E-state index contributed by atoms with van der Waals surface area (Å²) in [5, 5.41) is 4.22. The minimum absolute atomic E-state index is 0.00223. The van der Waals surface area contributed by atoms with Gasteiger partial charge in [-0.05, 0) is 31.4 Å². The lowest BCUT2D eigenvalue weighted by Gasteiger charge is -2.29. The van der Waals surface area contributed by atoms with Gasteiger partial charge in [0.05, 0.1) is 0 Å². The van der Waals surface area contributed by atoms with Gasteiger partial charge in [0.25, 0.3) is 5.91 Å². The summed E-state index contributed by atoms with van der Waals surface area (Å²) in [7, 11) is 0. The third-order valence-corrected chi connectivity index (χ3v) is 3.88. The fourth-order valence-electron chi connectivity index (χ4n) is 2.80. The number of aromatic nitrogens is 2. The predicted molar refractivity (Wildman–Crippen MR) is 81.9 cm³/mol. The first kappa shape index (κ1) is 13.7. The molecule has 0 aliphatic carbocycles. The van der Waals surface area contributed by atoms with Crippen molar-refractivity contribution in [3.05, 3.63) is 47.2 Å². The van der Waals surface area contributed by atoms with Gasteiger partial charge in [-0.25, -0.2) is 0 Å². The molecular formula is C16H20N4O. The van der Waals surface area contributed by atoms with E-state index >= 15 is 0 Å². The fourth-order valence-corrected chi connectivity index (χ4v) is 2.80. The third kappa shape index (κ3) is 2.51. The van der Waals surface area contributed by atoms with E-state index in [2.05, 4.69) is 17.2 Å². The lowest BCUT2D eigenvalue weighted by molar-refractivity contribution is 0.0720. The average Bonchev–Trinajstić information content (AvgIpc) is 2.88. The van der Waals surface area contributed by atoms with Crippen molar-refractivity contribution in [3.8, 4) is 0 Å². The summed E-state index contributed by atoms with van der Waals surface area (Å²) >= 11 is 0. The van der Waals surface area contributed by atoms with Crippen LogP contribution in [0, 0.1) is 0 Å². The highest BCUT2D eigenvalue weighted by molar-refractivity contribution is 5.93. The van der Waals surface area contributed by atoms with E-state index in [1.165, 1.54) is 11.1 Å². The summed E-state index contributed by atoms with van der Waals surface area (Å²) in [6.45, 7) is 5.38. The van der Waals surface area contributed by atoms with Crippen molar-refractivity contribution in [1.82, 2.24) is 14.7 Å². The Labute approximate surface area is 124 Å². The van der Waals surface area contributed by atoms with Crippen LogP contribution < -0.4 is 5.73 Å². The molecule has 2 N–H and O–H groups in total. The quantitative estimate of drug-likeness (QED) is 0.920. The Bertz CT molecular complexity index is 675. The highest BCUT2D eigenvalue weighted by atomic mass is 16.2. The molecule has 0 atom stereocenters.